The lowest BCUT2D eigenvalue weighted by Gasteiger charge is -2.18. The molecule has 2 aliphatic rings. The number of amides is 1. The van der Waals surface area contributed by atoms with Gasteiger partial charge >= 0.3 is 0 Å². The maximum Gasteiger partial charge on any atom is 0.258 e. The lowest BCUT2D eigenvalue weighted by atomic mass is 10.2. The van der Waals surface area contributed by atoms with Crippen LogP contribution < -0.4 is 5.32 Å². The minimum absolute atomic E-state index is 0.0320. The van der Waals surface area contributed by atoms with Crippen LogP contribution in [0.2, 0.25) is 0 Å². The molecule has 4 heterocycles. The first-order valence-corrected chi connectivity index (χ1v) is 11.6. The molecular formula is C25H25N5OS. The van der Waals surface area contributed by atoms with E-state index in [1.54, 1.807) is 0 Å². The minimum atomic E-state index is -0.0320. The maximum absolute atomic E-state index is 12.7. The summed E-state index contributed by atoms with van der Waals surface area (Å²) in [7, 11) is 0. The Balaban J connectivity index is 1.10. The number of nitrogens with one attached hydrogen (secondary N) is 1. The number of carbonyl (C=O) groups excluding carboxylic acids is 1. The molecule has 0 saturated carbocycles. The molecule has 0 saturated heterocycles. The third kappa shape index (κ3) is 4.57. The molecule has 5 rings (SSSR count). The van der Waals surface area contributed by atoms with Crippen LogP contribution in [-0.4, -0.2) is 44.7 Å². The summed E-state index contributed by atoms with van der Waals surface area (Å²) in [4.78, 5) is 22.3. The third-order valence-corrected chi connectivity index (χ3v) is 6.50. The zero-order valence-electron chi connectivity index (χ0n) is 17.7. The zero-order chi connectivity index (χ0) is 21.8. The van der Waals surface area contributed by atoms with Gasteiger partial charge in [0, 0.05) is 44.8 Å². The van der Waals surface area contributed by atoms with E-state index in [4.69, 9.17) is 0 Å². The highest BCUT2D eigenvalue weighted by Crippen LogP contribution is 2.34. The van der Waals surface area contributed by atoms with Crippen molar-refractivity contribution in [2.24, 2.45) is 0 Å². The molecule has 0 radical (unpaired) electrons. The lowest BCUT2D eigenvalue weighted by molar-refractivity contribution is -0.116. The molecule has 2 aliphatic heterocycles. The van der Waals surface area contributed by atoms with Crippen LogP contribution in [0, 0.1) is 0 Å². The van der Waals surface area contributed by atoms with Gasteiger partial charge in [-0.3, -0.25) is 9.20 Å². The predicted octanol–water partition coefficient (Wildman–Crippen LogP) is 4.09. The fourth-order valence-corrected chi connectivity index (χ4v) is 4.85. The molecule has 32 heavy (non-hydrogen) atoms. The Morgan fingerprint density at radius 2 is 1.97 bits per heavy atom. The second-order valence-corrected chi connectivity index (χ2v) is 8.86. The van der Waals surface area contributed by atoms with Crippen molar-refractivity contribution in [1.29, 1.82) is 0 Å². The van der Waals surface area contributed by atoms with Gasteiger partial charge in [-0.05, 0) is 36.3 Å². The van der Waals surface area contributed by atoms with Crippen LogP contribution in [-0.2, 0) is 11.3 Å². The van der Waals surface area contributed by atoms with Crippen LogP contribution in [0.4, 0.5) is 0 Å². The Kier molecular flexibility index (Phi) is 5.98. The third-order valence-electron chi connectivity index (χ3n) is 5.45. The van der Waals surface area contributed by atoms with Crippen LogP contribution in [0.1, 0.15) is 17.7 Å². The van der Waals surface area contributed by atoms with E-state index in [0.29, 0.717) is 11.4 Å². The summed E-state index contributed by atoms with van der Waals surface area (Å²) in [6.45, 7) is 3.26. The van der Waals surface area contributed by atoms with E-state index in [1.165, 1.54) is 17.3 Å². The van der Waals surface area contributed by atoms with Crippen molar-refractivity contribution in [2.45, 2.75) is 18.0 Å². The van der Waals surface area contributed by atoms with Gasteiger partial charge in [-0.25, -0.2) is 4.98 Å². The van der Waals surface area contributed by atoms with Gasteiger partial charge in [0.1, 0.15) is 5.65 Å². The van der Waals surface area contributed by atoms with Gasteiger partial charge in [0.15, 0.2) is 0 Å². The highest BCUT2D eigenvalue weighted by atomic mass is 32.2. The Hall–Kier alpha value is -3.45. The number of hydrogen-bond donors (Lipinski definition) is 1. The van der Waals surface area contributed by atoms with Crippen LogP contribution >= 0.6 is 11.8 Å². The van der Waals surface area contributed by atoms with E-state index in [0.717, 1.165) is 42.4 Å². The van der Waals surface area contributed by atoms with Crippen molar-refractivity contribution in [1.82, 2.24) is 24.5 Å². The lowest BCUT2D eigenvalue weighted by Crippen LogP contribution is -2.27. The van der Waals surface area contributed by atoms with Gasteiger partial charge in [-0.2, -0.15) is 0 Å². The molecule has 0 unspecified atom stereocenters. The van der Waals surface area contributed by atoms with Crippen LogP contribution in [0.25, 0.3) is 11.7 Å². The second-order valence-electron chi connectivity index (χ2n) is 7.80. The second kappa shape index (κ2) is 9.36. The monoisotopic (exact) mass is 443 g/mol. The first kappa shape index (κ1) is 20.5. The number of rotatable bonds is 7. The van der Waals surface area contributed by atoms with Crippen molar-refractivity contribution in [3.63, 3.8) is 0 Å². The van der Waals surface area contributed by atoms with Gasteiger partial charge in [0.05, 0.1) is 21.8 Å². The first-order valence-electron chi connectivity index (χ1n) is 10.8. The summed E-state index contributed by atoms with van der Waals surface area (Å²) in [6.07, 6.45) is 13.1. The summed E-state index contributed by atoms with van der Waals surface area (Å²) in [5, 5.41) is 4.08. The number of nitrogens with zero attached hydrogens (tertiary/aromatic N) is 4. The largest absolute Gasteiger partial charge is 0.368 e. The van der Waals surface area contributed by atoms with E-state index in [2.05, 4.69) is 73.4 Å². The Morgan fingerprint density at radius 3 is 2.88 bits per heavy atom. The molecule has 1 amide bonds. The van der Waals surface area contributed by atoms with Gasteiger partial charge in [0.25, 0.3) is 5.91 Å². The van der Waals surface area contributed by atoms with Gasteiger partial charge in [0.2, 0.25) is 0 Å². The van der Waals surface area contributed by atoms with E-state index < -0.39 is 0 Å². The Bertz CT molecular complexity index is 1200. The number of hydrogen-bond acceptors (Lipinski definition) is 5. The van der Waals surface area contributed by atoms with Gasteiger partial charge in [-0.15, -0.1) is 0 Å². The molecule has 1 aromatic carbocycles. The van der Waals surface area contributed by atoms with E-state index >= 15 is 0 Å². The molecule has 1 N–H and O–H groups in total. The van der Waals surface area contributed by atoms with E-state index in [9.17, 15) is 4.79 Å². The summed E-state index contributed by atoms with van der Waals surface area (Å²) < 4.78 is 2.07. The van der Waals surface area contributed by atoms with Crippen molar-refractivity contribution in [2.75, 3.05) is 19.6 Å². The highest BCUT2D eigenvalue weighted by Gasteiger charge is 2.19. The van der Waals surface area contributed by atoms with Crippen LogP contribution in [0.15, 0.2) is 89.3 Å². The molecule has 162 valence electrons. The number of carbonyl (C=O) groups is 1. The molecule has 7 heteroatoms. The molecule has 0 spiro atoms. The average molecular weight is 444 g/mol. The summed E-state index contributed by atoms with van der Waals surface area (Å²) in [6, 6.07) is 16.4. The number of aromatic nitrogens is 2. The maximum atomic E-state index is 12.7. The van der Waals surface area contributed by atoms with Gasteiger partial charge in [-0.1, -0.05) is 48.2 Å². The smallest absolute Gasteiger partial charge is 0.258 e. The quantitative estimate of drug-likeness (QED) is 0.558. The average Bonchev–Trinajstić information content (AvgIpc) is 3.11. The highest BCUT2D eigenvalue weighted by molar-refractivity contribution is 8.04. The fourth-order valence-electron chi connectivity index (χ4n) is 3.84. The molecule has 0 atom stereocenters. The molecule has 6 nitrogen and oxygen atoms in total. The summed E-state index contributed by atoms with van der Waals surface area (Å²) in [5.74, 6) is -0.0320. The predicted molar refractivity (Wildman–Crippen MR) is 128 cm³/mol. The van der Waals surface area contributed by atoms with Crippen LogP contribution in [0.5, 0.6) is 0 Å². The normalized spacial score (nSPS) is 15.1. The zero-order valence-corrected chi connectivity index (χ0v) is 18.5. The Morgan fingerprint density at radius 1 is 1.06 bits per heavy atom. The molecule has 2 aromatic heterocycles. The molecule has 0 fully saturated rings. The number of imidazole rings is 1. The molecular weight excluding hydrogens is 418 g/mol. The molecule has 0 aliphatic carbocycles. The SMILES string of the molecule is O=C(NCCCN1C=CCN(Cc2ccccc2)C=C1)C1=Cc2cnc3cccc(n23)S1. The van der Waals surface area contributed by atoms with Crippen molar-refractivity contribution in [3.8, 4) is 0 Å². The van der Waals surface area contributed by atoms with Crippen LogP contribution in [0.3, 0.4) is 0 Å². The minimum Gasteiger partial charge on any atom is -0.368 e. The van der Waals surface area contributed by atoms with Crippen molar-refractivity contribution < 1.29 is 4.79 Å². The van der Waals surface area contributed by atoms with Crippen molar-refractivity contribution >= 4 is 29.4 Å². The fraction of sp³-hybridized carbons (Fsp3) is 0.200. The first-order chi connectivity index (χ1) is 15.8. The number of thioether (sulfide) groups is 1. The van der Waals surface area contributed by atoms with E-state index in [-0.39, 0.29) is 5.91 Å². The number of pyridine rings is 1. The standard InChI is InChI=1S/C25H25N5OS/c31-25(22-17-21-18-27-23-9-4-10-24(32-22)30(21)23)26-11-5-12-28-13-6-14-29(16-15-28)19-20-7-2-1-3-8-20/h1-4,6-10,13,15-18H,5,11-12,14,19H2,(H,26,31). The Labute approximate surface area is 191 Å². The topological polar surface area (TPSA) is 52.9 Å². The van der Waals surface area contributed by atoms with Gasteiger partial charge < -0.3 is 15.1 Å². The molecule has 3 aromatic rings. The summed E-state index contributed by atoms with van der Waals surface area (Å²) >= 11 is 1.49. The van der Waals surface area contributed by atoms with Crippen molar-refractivity contribution in [3.05, 3.63) is 95.6 Å². The summed E-state index contributed by atoms with van der Waals surface area (Å²) in [5.41, 5.74) is 3.15. The number of benzene rings is 1. The molecule has 0 bridgehead atoms. The van der Waals surface area contributed by atoms with E-state index in [1.807, 2.05) is 36.5 Å².